The molecule has 6 nitrogen and oxygen atoms in total. The molecule has 1 saturated carbocycles. The van der Waals surface area contributed by atoms with Crippen molar-refractivity contribution in [3.05, 3.63) is 36.8 Å². The Kier molecular flexibility index (Phi) is 5.08. The van der Waals surface area contributed by atoms with Gasteiger partial charge in [0.1, 0.15) is 0 Å². The number of rotatable bonds is 4. The van der Waals surface area contributed by atoms with Gasteiger partial charge in [0, 0.05) is 42.7 Å². The second-order valence-corrected chi connectivity index (χ2v) is 8.69. The highest BCUT2D eigenvalue weighted by atomic mass is 16.2. The predicted octanol–water partition coefficient (Wildman–Crippen LogP) is 4.25. The van der Waals surface area contributed by atoms with Crippen LogP contribution in [0.3, 0.4) is 0 Å². The normalized spacial score (nSPS) is 21.0. The summed E-state index contributed by atoms with van der Waals surface area (Å²) in [5, 5.41) is 12.7. The maximum absolute atomic E-state index is 12.8. The smallest absolute Gasteiger partial charge is 0.225 e. The predicted molar refractivity (Wildman–Crippen MR) is 113 cm³/mol. The molecule has 1 N–H and O–H groups in total. The third-order valence-electron chi connectivity index (χ3n) is 6.77. The van der Waals surface area contributed by atoms with Crippen LogP contribution in [0.25, 0.3) is 22.0 Å². The van der Waals surface area contributed by atoms with Gasteiger partial charge in [-0.3, -0.25) is 14.6 Å². The highest BCUT2D eigenvalue weighted by molar-refractivity contribution is 5.84. The minimum atomic E-state index is 0.297. The molecule has 0 radical (unpaired) electrons. The summed E-state index contributed by atoms with van der Waals surface area (Å²) in [7, 11) is 0. The van der Waals surface area contributed by atoms with Gasteiger partial charge in [-0.05, 0) is 55.7 Å². The van der Waals surface area contributed by atoms with Crippen LogP contribution in [0.4, 0.5) is 0 Å². The summed E-state index contributed by atoms with van der Waals surface area (Å²) in [4.78, 5) is 14.9. The van der Waals surface area contributed by atoms with Crippen molar-refractivity contribution in [3.8, 4) is 11.1 Å². The van der Waals surface area contributed by atoms with Crippen LogP contribution >= 0.6 is 0 Å². The molecule has 1 saturated heterocycles. The summed E-state index contributed by atoms with van der Waals surface area (Å²) in [5.74, 6) is 1.29. The molecule has 1 atom stereocenters. The first-order chi connectivity index (χ1) is 14.3. The molecule has 2 aromatic heterocycles. The molecule has 2 fully saturated rings. The zero-order valence-corrected chi connectivity index (χ0v) is 16.9. The summed E-state index contributed by atoms with van der Waals surface area (Å²) in [6.07, 6.45) is 13.7. The molecular formula is C23H29N5O. The van der Waals surface area contributed by atoms with Crippen LogP contribution < -0.4 is 0 Å². The first-order valence-electron chi connectivity index (χ1n) is 11.0. The number of benzene rings is 1. The fourth-order valence-corrected chi connectivity index (χ4v) is 5.06. The van der Waals surface area contributed by atoms with Crippen molar-refractivity contribution in [3.63, 3.8) is 0 Å². The van der Waals surface area contributed by atoms with Crippen LogP contribution in [0.15, 0.2) is 36.8 Å². The van der Waals surface area contributed by atoms with Gasteiger partial charge >= 0.3 is 0 Å². The van der Waals surface area contributed by atoms with E-state index in [0.717, 1.165) is 61.8 Å². The number of H-pyrrole nitrogens is 1. The Morgan fingerprint density at radius 2 is 1.93 bits per heavy atom. The third-order valence-corrected chi connectivity index (χ3v) is 6.77. The van der Waals surface area contributed by atoms with E-state index in [4.69, 9.17) is 0 Å². The molecule has 29 heavy (non-hydrogen) atoms. The minimum absolute atomic E-state index is 0.297. The van der Waals surface area contributed by atoms with Crippen molar-refractivity contribution < 1.29 is 4.79 Å². The second-order valence-electron chi connectivity index (χ2n) is 8.69. The number of fused-ring (bicyclic) bond motifs is 1. The summed E-state index contributed by atoms with van der Waals surface area (Å²) < 4.78 is 2.15. The van der Waals surface area contributed by atoms with E-state index in [1.54, 1.807) is 0 Å². The van der Waals surface area contributed by atoms with E-state index in [0.29, 0.717) is 17.7 Å². The number of likely N-dealkylation sites (tertiary alicyclic amines) is 1. The molecule has 1 aliphatic carbocycles. The van der Waals surface area contributed by atoms with Crippen LogP contribution in [0.2, 0.25) is 0 Å². The van der Waals surface area contributed by atoms with Crippen molar-refractivity contribution >= 4 is 16.8 Å². The Hall–Kier alpha value is -2.63. The van der Waals surface area contributed by atoms with E-state index in [2.05, 4.69) is 43.1 Å². The number of carbonyl (C=O) groups excluding carboxylic acids is 1. The first kappa shape index (κ1) is 18.4. The fraction of sp³-hybridized carbons (Fsp3) is 0.522. The molecule has 152 valence electrons. The van der Waals surface area contributed by atoms with Crippen LogP contribution in [0.5, 0.6) is 0 Å². The van der Waals surface area contributed by atoms with Crippen LogP contribution in [-0.2, 0) is 11.3 Å². The molecular weight excluding hydrogens is 362 g/mol. The van der Waals surface area contributed by atoms with Gasteiger partial charge in [0.25, 0.3) is 0 Å². The molecule has 2 aliphatic rings. The van der Waals surface area contributed by atoms with E-state index in [1.807, 2.05) is 18.6 Å². The SMILES string of the molecule is O=C(C1CCCC1)N1CCCC(Cn2ncc3cc(-c4cn[nH]c4)ccc32)CC1. The van der Waals surface area contributed by atoms with Crippen molar-refractivity contribution in [1.29, 1.82) is 0 Å². The third kappa shape index (κ3) is 3.80. The standard InChI is InChI=1S/C23H29N5O/c29-23(18-5-1-2-6-18)27-10-3-4-17(9-11-27)16-28-22-8-7-19(12-20(22)15-26-28)21-13-24-25-14-21/h7-8,12-15,17-18H,1-6,9-11,16H2,(H,24,25). The number of nitrogens with one attached hydrogen (secondary N) is 1. The molecule has 6 heteroatoms. The maximum atomic E-state index is 12.8. The molecule has 1 aromatic carbocycles. The first-order valence-corrected chi connectivity index (χ1v) is 11.0. The van der Waals surface area contributed by atoms with Gasteiger partial charge in [0.2, 0.25) is 5.91 Å². The van der Waals surface area contributed by atoms with Gasteiger partial charge in [-0.2, -0.15) is 10.2 Å². The Labute approximate surface area is 171 Å². The van der Waals surface area contributed by atoms with Gasteiger partial charge < -0.3 is 4.90 Å². The molecule has 0 bridgehead atoms. The highest BCUT2D eigenvalue weighted by Gasteiger charge is 2.29. The summed E-state index contributed by atoms with van der Waals surface area (Å²) >= 11 is 0. The van der Waals surface area contributed by atoms with Gasteiger partial charge in [-0.15, -0.1) is 0 Å². The quantitative estimate of drug-likeness (QED) is 0.723. The zero-order chi connectivity index (χ0) is 19.6. The Bertz CT molecular complexity index is 970. The Balaban J connectivity index is 1.25. The second kappa shape index (κ2) is 8.01. The Morgan fingerprint density at radius 3 is 2.76 bits per heavy atom. The highest BCUT2D eigenvalue weighted by Crippen LogP contribution is 2.29. The molecule has 1 amide bonds. The van der Waals surface area contributed by atoms with Crippen LogP contribution in [-0.4, -0.2) is 43.9 Å². The lowest BCUT2D eigenvalue weighted by molar-refractivity contribution is -0.135. The van der Waals surface area contributed by atoms with Gasteiger partial charge in [-0.1, -0.05) is 18.9 Å². The summed E-state index contributed by atoms with van der Waals surface area (Å²) in [6, 6.07) is 6.48. The number of hydrogen-bond donors (Lipinski definition) is 1. The van der Waals surface area contributed by atoms with E-state index >= 15 is 0 Å². The average molecular weight is 392 g/mol. The Morgan fingerprint density at radius 1 is 1.03 bits per heavy atom. The topological polar surface area (TPSA) is 66.8 Å². The number of aromatic nitrogens is 4. The zero-order valence-electron chi connectivity index (χ0n) is 16.9. The lowest BCUT2D eigenvalue weighted by Gasteiger charge is -2.24. The van der Waals surface area contributed by atoms with Gasteiger partial charge in [-0.25, -0.2) is 0 Å². The van der Waals surface area contributed by atoms with E-state index < -0.39 is 0 Å². The van der Waals surface area contributed by atoms with E-state index in [9.17, 15) is 4.79 Å². The molecule has 3 aromatic rings. The van der Waals surface area contributed by atoms with Gasteiger partial charge in [0.05, 0.1) is 17.9 Å². The lowest BCUT2D eigenvalue weighted by atomic mass is 10.0. The maximum Gasteiger partial charge on any atom is 0.225 e. The van der Waals surface area contributed by atoms with E-state index in [1.165, 1.54) is 24.8 Å². The summed E-state index contributed by atoms with van der Waals surface area (Å²) in [6.45, 7) is 2.77. The molecule has 1 unspecified atom stereocenters. The van der Waals surface area contributed by atoms with Crippen molar-refractivity contribution in [2.45, 2.75) is 51.5 Å². The van der Waals surface area contributed by atoms with Crippen LogP contribution in [0, 0.1) is 11.8 Å². The monoisotopic (exact) mass is 391 g/mol. The van der Waals surface area contributed by atoms with E-state index in [-0.39, 0.29) is 0 Å². The van der Waals surface area contributed by atoms with Crippen molar-refractivity contribution in [1.82, 2.24) is 24.9 Å². The lowest BCUT2D eigenvalue weighted by Crippen LogP contribution is -2.36. The number of nitrogens with zero attached hydrogens (tertiary/aromatic N) is 4. The molecule has 3 heterocycles. The minimum Gasteiger partial charge on any atom is -0.342 e. The van der Waals surface area contributed by atoms with Crippen molar-refractivity contribution in [2.75, 3.05) is 13.1 Å². The average Bonchev–Trinajstić information content (AvgIpc) is 3.49. The van der Waals surface area contributed by atoms with Gasteiger partial charge in [0.15, 0.2) is 0 Å². The molecule has 0 spiro atoms. The molecule has 1 aliphatic heterocycles. The summed E-state index contributed by atoms with van der Waals surface area (Å²) in [5.41, 5.74) is 3.43. The van der Waals surface area contributed by atoms with Crippen molar-refractivity contribution in [2.24, 2.45) is 11.8 Å². The van der Waals surface area contributed by atoms with Crippen LogP contribution in [0.1, 0.15) is 44.9 Å². The number of carbonyl (C=O) groups is 1. The molecule has 5 rings (SSSR count). The number of aromatic amines is 1. The number of amides is 1. The fourth-order valence-electron chi connectivity index (χ4n) is 5.06. The number of hydrogen-bond acceptors (Lipinski definition) is 3. The largest absolute Gasteiger partial charge is 0.342 e.